The first-order chi connectivity index (χ1) is 23.3. The van der Waals surface area contributed by atoms with Gasteiger partial charge in [-0.25, -0.2) is 0 Å². The Morgan fingerprint density at radius 3 is 1.19 bits per heavy atom. The maximum Gasteiger partial charge on any atom is -0.00201 e. The minimum atomic E-state index is 1.33. The molecule has 9 aromatic carbocycles. The van der Waals surface area contributed by atoms with Crippen LogP contribution in [0.5, 0.6) is 0 Å². The monoisotopic (exact) mass is 616 g/mol. The predicted octanol–water partition coefficient (Wildman–Crippen LogP) is 13.8. The topological polar surface area (TPSA) is 0 Å². The van der Waals surface area contributed by atoms with Gasteiger partial charge in [0.05, 0.1) is 0 Å². The van der Waals surface area contributed by atoms with Gasteiger partial charge in [-0.15, -0.1) is 0 Å². The van der Waals surface area contributed by atoms with Crippen LogP contribution in [0.15, 0.2) is 133 Å². The van der Waals surface area contributed by atoms with Crippen molar-refractivity contribution in [3.05, 3.63) is 167 Å². The minimum Gasteiger partial charge on any atom is -0.0617 e. The lowest BCUT2D eigenvalue weighted by molar-refractivity contribution is 1.38. The fourth-order valence-electron chi connectivity index (χ4n) is 8.22. The van der Waals surface area contributed by atoms with Gasteiger partial charge < -0.3 is 0 Å². The Morgan fingerprint density at radius 2 is 0.583 bits per heavy atom. The second-order valence-corrected chi connectivity index (χ2v) is 13.6. The van der Waals surface area contributed by atoms with E-state index in [0.717, 1.165) is 0 Å². The lowest BCUT2D eigenvalue weighted by atomic mass is 9.85. The molecule has 0 heteroatoms. The second-order valence-electron chi connectivity index (χ2n) is 13.6. The zero-order chi connectivity index (χ0) is 33.1. The van der Waals surface area contributed by atoms with Gasteiger partial charge in [0.2, 0.25) is 0 Å². The van der Waals surface area contributed by atoms with Crippen molar-refractivity contribution in [3.8, 4) is 22.3 Å². The Hall–Kier alpha value is -5.46. The van der Waals surface area contributed by atoms with Crippen molar-refractivity contribution in [2.75, 3.05) is 0 Å². The van der Waals surface area contributed by atoms with Crippen molar-refractivity contribution in [1.82, 2.24) is 0 Å². The maximum atomic E-state index is 2.34. The lowest BCUT2D eigenvalue weighted by Crippen LogP contribution is -1.92. The van der Waals surface area contributed by atoms with E-state index in [0.29, 0.717) is 0 Å². The van der Waals surface area contributed by atoms with Gasteiger partial charge in [0.1, 0.15) is 0 Å². The Kier molecular flexibility index (Phi) is 7.26. The van der Waals surface area contributed by atoms with Crippen LogP contribution >= 0.6 is 0 Å². The molecule has 0 atom stereocenters. The normalized spacial score (nSPS) is 11.5. The Balaban J connectivity index is 0.000000154. The molecule has 0 fully saturated rings. The summed E-state index contributed by atoms with van der Waals surface area (Å²) in [6, 6.07) is 49.1. The fourth-order valence-corrected chi connectivity index (χ4v) is 8.22. The molecule has 0 unspecified atom stereocenters. The van der Waals surface area contributed by atoms with Crippen molar-refractivity contribution >= 4 is 53.9 Å². The molecule has 0 spiro atoms. The standard InChI is InChI=1S/C29H22.C19H18/c1-17-13-14-25-26-16-15-24(27-18(2)7-4-8-19(27)3)23-12-6-11-22(29(23)26)21-10-5-9-20(17)28(21)25;1-13-11-12-18(17-10-5-4-9-16(13)17)19-14(2)7-6-8-15(19)3/h4-16H,1-3H3;4-12H,1-3H3. The van der Waals surface area contributed by atoms with Crippen LogP contribution in [-0.2, 0) is 0 Å². The molecular formula is C48H40. The van der Waals surface area contributed by atoms with Gasteiger partial charge in [0, 0.05) is 0 Å². The van der Waals surface area contributed by atoms with E-state index in [2.05, 4.69) is 175 Å². The van der Waals surface area contributed by atoms with Crippen molar-refractivity contribution in [1.29, 1.82) is 0 Å². The Labute approximate surface area is 283 Å². The summed E-state index contributed by atoms with van der Waals surface area (Å²) in [5.41, 5.74) is 13.4. The highest BCUT2D eigenvalue weighted by molar-refractivity contribution is 6.34. The van der Waals surface area contributed by atoms with E-state index in [1.54, 1.807) is 0 Å². The van der Waals surface area contributed by atoms with Crippen molar-refractivity contribution in [2.24, 2.45) is 0 Å². The first-order valence-electron chi connectivity index (χ1n) is 17.0. The molecule has 9 aromatic rings. The molecule has 0 aromatic heterocycles. The third-order valence-corrected chi connectivity index (χ3v) is 10.5. The summed E-state index contributed by atoms with van der Waals surface area (Å²) in [7, 11) is 0. The van der Waals surface area contributed by atoms with Gasteiger partial charge in [0.25, 0.3) is 0 Å². The lowest BCUT2D eigenvalue weighted by Gasteiger charge is -2.18. The number of benzene rings is 9. The predicted molar refractivity (Wildman–Crippen MR) is 211 cm³/mol. The van der Waals surface area contributed by atoms with E-state index in [1.165, 1.54) is 109 Å². The summed E-state index contributed by atoms with van der Waals surface area (Å²) in [4.78, 5) is 0. The van der Waals surface area contributed by atoms with Gasteiger partial charge in [0.15, 0.2) is 0 Å². The number of aryl methyl sites for hydroxylation is 6. The molecule has 9 rings (SSSR count). The molecule has 0 N–H and O–H groups in total. The summed E-state index contributed by atoms with van der Waals surface area (Å²) >= 11 is 0. The molecule has 48 heavy (non-hydrogen) atoms. The van der Waals surface area contributed by atoms with Gasteiger partial charge in [-0.3, -0.25) is 0 Å². The number of hydrogen-bond acceptors (Lipinski definition) is 0. The van der Waals surface area contributed by atoms with Crippen LogP contribution in [0.3, 0.4) is 0 Å². The van der Waals surface area contributed by atoms with Gasteiger partial charge in [-0.05, 0) is 151 Å². The molecule has 0 nitrogen and oxygen atoms in total. The molecule has 0 amide bonds. The first-order valence-corrected chi connectivity index (χ1v) is 17.0. The zero-order valence-corrected chi connectivity index (χ0v) is 28.7. The average molecular weight is 617 g/mol. The van der Waals surface area contributed by atoms with Crippen LogP contribution in [0, 0.1) is 41.5 Å². The van der Waals surface area contributed by atoms with Crippen molar-refractivity contribution in [2.45, 2.75) is 41.5 Å². The SMILES string of the molecule is Cc1cccc(C)c1-c1ccc(C)c2ccccc12.Cc1cccc(C)c1-c1ccc2c3ccc(C)c4cccc(c5cccc1c52)c43. The number of fused-ring (bicyclic) bond motifs is 3. The molecule has 0 saturated heterocycles. The van der Waals surface area contributed by atoms with Crippen LogP contribution < -0.4 is 0 Å². The Bertz CT molecular complexity index is 2610. The molecule has 0 aliphatic heterocycles. The minimum absolute atomic E-state index is 1.33. The van der Waals surface area contributed by atoms with Crippen LogP contribution in [0.1, 0.15) is 33.4 Å². The van der Waals surface area contributed by atoms with Gasteiger partial charge in [-0.1, -0.05) is 133 Å². The van der Waals surface area contributed by atoms with E-state index >= 15 is 0 Å². The summed E-state index contributed by atoms with van der Waals surface area (Å²) in [6.45, 7) is 13.2. The third-order valence-electron chi connectivity index (χ3n) is 10.5. The largest absolute Gasteiger partial charge is 0.0617 e. The molecule has 0 bridgehead atoms. The molecule has 232 valence electrons. The summed E-state index contributed by atoms with van der Waals surface area (Å²) in [5, 5.41) is 13.6. The summed E-state index contributed by atoms with van der Waals surface area (Å²) < 4.78 is 0. The molecule has 0 heterocycles. The summed E-state index contributed by atoms with van der Waals surface area (Å²) in [5.74, 6) is 0. The zero-order valence-electron chi connectivity index (χ0n) is 28.7. The molecule has 0 saturated carbocycles. The quantitative estimate of drug-likeness (QED) is 0.134. The smallest absolute Gasteiger partial charge is 0.00201 e. The van der Waals surface area contributed by atoms with Crippen molar-refractivity contribution < 1.29 is 0 Å². The van der Waals surface area contributed by atoms with Crippen molar-refractivity contribution in [3.63, 3.8) is 0 Å². The van der Waals surface area contributed by atoms with Crippen LogP contribution in [-0.4, -0.2) is 0 Å². The van der Waals surface area contributed by atoms with E-state index in [4.69, 9.17) is 0 Å². The highest BCUT2D eigenvalue weighted by atomic mass is 14.2. The molecule has 0 radical (unpaired) electrons. The number of hydrogen-bond donors (Lipinski definition) is 0. The second kappa shape index (κ2) is 11.7. The van der Waals surface area contributed by atoms with Crippen LogP contribution in [0.4, 0.5) is 0 Å². The fraction of sp³-hybridized carbons (Fsp3) is 0.125. The average Bonchev–Trinajstić information content (AvgIpc) is 3.09. The first kappa shape index (κ1) is 29.9. The maximum absolute atomic E-state index is 2.34. The molecular weight excluding hydrogens is 577 g/mol. The van der Waals surface area contributed by atoms with Gasteiger partial charge in [-0.2, -0.15) is 0 Å². The summed E-state index contributed by atoms with van der Waals surface area (Å²) in [6.07, 6.45) is 0. The molecule has 0 aliphatic carbocycles. The third kappa shape index (κ3) is 4.67. The van der Waals surface area contributed by atoms with E-state index in [-0.39, 0.29) is 0 Å². The molecule has 0 aliphatic rings. The van der Waals surface area contributed by atoms with Crippen LogP contribution in [0.25, 0.3) is 76.1 Å². The van der Waals surface area contributed by atoms with E-state index in [9.17, 15) is 0 Å². The Morgan fingerprint density at radius 1 is 0.229 bits per heavy atom. The van der Waals surface area contributed by atoms with Crippen LogP contribution in [0.2, 0.25) is 0 Å². The number of rotatable bonds is 2. The van der Waals surface area contributed by atoms with E-state index < -0.39 is 0 Å². The highest BCUT2D eigenvalue weighted by Crippen LogP contribution is 2.44. The highest BCUT2D eigenvalue weighted by Gasteiger charge is 2.17. The van der Waals surface area contributed by atoms with Gasteiger partial charge >= 0.3 is 0 Å². The van der Waals surface area contributed by atoms with E-state index in [1.807, 2.05) is 0 Å².